The molecular formula is C18H24N2O5S. The highest BCUT2D eigenvalue weighted by Crippen LogP contribution is 2.38. The third-order valence-corrected chi connectivity index (χ3v) is 8.04. The van der Waals surface area contributed by atoms with Crippen LogP contribution < -0.4 is 5.32 Å². The van der Waals surface area contributed by atoms with Crippen LogP contribution in [0.4, 0.5) is 4.79 Å². The predicted octanol–water partition coefficient (Wildman–Crippen LogP) is 2.03. The number of carbonyl (C=O) groups excluding carboxylic acids is 1. The largest absolute Gasteiger partial charge is 0.478 e. The molecule has 0 aromatic heterocycles. The first kappa shape index (κ1) is 18.7. The van der Waals surface area contributed by atoms with Gasteiger partial charge in [0.25, 0.3) is 0 Å². The van der Waals surface area contributed by atoms with Crippen molar-refractivity contribution in [3.8, 4) is 0 Å². The number of nitrogens with one attached hydrogen (secondary N) is 1. The Bertz CT molecular complexity index is 782. The molecule has 1 aliphatic heterocycles. The molecule has 2 fully saturated rings. The highest BCUT2D eigenvalue weighted by atomic mass is 32.2. The highest BCUT2D eigenvalue weighted by molar-refractivity contribution is 7.92. The second-order valence-electron chi connectivity index (χ2n) is 7.14. The maximum absolute atomic E-state index is 12.6. The number of carboxylic acids is 1. The Morgan fingerprint density at radius 1 is 1.12 bits per heavy atom. The maximum atomic E-state index is 12.6. The molecule has 0 unspecified atom stereocenters. The Balaban J connectivity index is 1.62. The molecule has 8 heteroatoms. The third-order valence-electron chi connectivity index (χ3n) is 5.47. The van der Waals surface area contributed by atoms with E-state index in [1.807, 2.05) is 0 Å². The molecule has 1 saturated carbocycles. The lowest BCUT2D eigenvalue weighted by Crippen LogP contribution is -2.59. The number of rotatable bonds is 3. The van der Waals surface area contributed by atoms with Crippen molar-refractivity contribution in [3.63, 3.8) is 0 Å². The van der Waals surface area contributed by atoms with Gasteiger partial charge in [0.2, 0.25) is 0 Å². The number of aromatic carboxylic acids is 1. The van der Waals surface area contributed by atoms with Crippen LogP contribution in [0.3, 0.4) is 0 Å². The van der Waals surface area contributed by atoms with Gasteiger partial charge in [-0.25, -0.2) is 18.0 Å². The van der Waals surface area contributed by atoms with E-state index in [9.17, 15) is 18.0 Å². The molecule has 1 aliphatic carbocycles. The van der Waals surface area contributed by atoms with Crippen LogP contribution in [0.15, 0.2) is 24.3 Å². The van der Waals surface area contributed by atoms with Gasteiger partial charge in [-0.05, 0) is 30.5 Å². The topological polar surface area (TPSA) is 104 Å². The van der Waals surface area contributed by atoms with Crippen LogP contribution >= 0.6 is 0 Å². The molecule has 1 spiro atoms. The lowest BCUT2D eigenvalue weighted by molar-refractivity contribution is 0.0696. The minimum atomic E-state index is -3.17. The molecule has 1 aromatic rings. The number of carbonyl (C=O) groups is 2. The molecule has 2 amide bonds. The van der Waals surface area contributed by atoms with E-state index in [2.05, 4.69) is 5.32 Å². The van der Waals surface area contributed by atoms with Crippen molar-refractivity contribution in [2.24, 2.45) is 0 Å². The summed E-state index contributed by atoms with van der Waals surface area (Å²) in [6.45, 7) is 0.752. The van der Waals surface area contributed by atoms with Crippen molar-refractivity contribution in [3.05, 3.63) is 35.4 Å². The van der Waals surface area contributed by atoms with Crippen molar-refractivity contribution in [2.75, 3.05) is 18.8 Å². The van der Waals surface area contributed by atoms with E-state index < -0.39 is 20.6 Å². The molecule has 1 heterocycles. The van der Waals surface area contributed by atoms with Crippen LogP contribution in [0.2, 0.25) is 0 Å². The number of nitrogens with zero attached hydrogens (tertiary/aromatic N) is 1. The normalized spacial score (nSPS) is 21.3. The van der Waals surface area contributed by atoms with Gasteiger partial charge in [0, 0.05) is 19.6 Å². The van der Waals surface area contributed by atoms with Gasteiger partial charge in [-0.1, -0.05) is 31.4 Å². The van der Waals surface area contributed by atoms with E-state index in [-0.39, 0.29) is 37.0 Å². The average molecular weight is 380 g/mol. The van der Waals surface area contributed by atoms with E-state index in [1.165, 1.54) is 12.1 Å². The fourth-order valence-electron chi connectivity index (χ4n) is 3.87. The fourth-order valence-corrected chi connectivity index (χ4v) is 6.02. The minimum absolute atomic E-state index is 0.0216. The summed E-state index contributed by atoms with van der Waals surface area (Å²) < 4.78 is 24.4. The summed E-state index contributed by atoms with van der Waals surface area (Å²) in [4.78, 5) is 25.0. The monoisotopic (exact) mass is 380 g/mol. The van der Waals surface area contributed by atoms with Gasteiger partial charge >= 0.3 is 12.0 Å². The molecule has 2 N–H and O–H groups in total. The zero-order valence-electron chi connectivity index (χ0n) is 14.6. The summed E-state index contributed by atoms with van der Waals surface area (Å²) >= 11 is 0. The molecular weight excluding hydrogens is 356 g/mol. The van der Waals surface area contributed by atoms with Crippen molar-refractivity contribution in [2.45, 2.75) is 43.4 Å². The molecule has 1 saturated heterocycles. The Morgan fingerprint density at radius 3 is 2.38 bits per heavy atom. The lowest BCUT2D eigenvalue weighted by atomic mass is 9.87. The van der Waals surface area contributed by atoms with Crippen molar-refractivity contribution in [1.29, 1.82) is 0 Å². The summed E-state index contributed by atoms with van der Waals surface area (Å²) in [7, 11) is -3.17. The zero-order valence-corrected chi connectivity index (χ0v) is 15.4. The molecule has 0 bridgehead atoms. The number of carboxylic acid groups (broad SMARTS) is 1. The summed E-state index contributed by atoms with van der Waals surface area (Å²) in [6.07, 6.45) is 4.11. The van der Waals surface area contributed by atoms with E-state index in [0.29, 0.717) is 12.8 Å². The van der Waals surface area contributed by atoms with Gasteiger partial charge < -0.3 is 15.3 Å². The molecule has 1 aromatic carbocycles. The van der Waals surface area contributed by atoms with Crippen molar-refractivity contribution in [1.82, 2.24) is 10.2 Å². The van der Waals surface area contributed by atoms with Crippen LogP contribution in [-0.4, -0.2) is 54.0 Å². The van der Waals surface area contributed by atoms with Gasteiger partial charge in [0.1, 0.15) is 0 Å². The maximum Gasteiger partial charge on any atom is 0.335 e. The Kier molecular flexibility index (Phi) is 5.22. The first-order valence-electron chi connectivity index (χ1n) is 8.90. The van der Waals surface area contributed by atoms with Crippen molar-refractivity contribution >= 4 is 21.8 Å². The summed E-state index contributed by atoms with van der Waals surface area (Å²) in [5.74, 6) is -0.971. The van der Waals surface area contributed by atoms with E-state index >= 15 is 0 Å². The number of urea groups is 1. The molecule has 0 atom stereocenters. The zero-order chi connectivity index (χ0) is 18.8. The second kappa shape index (κ2) is 7.26. The molecule has 7 nitrogen and oxygen atoms in total. The van der Waals surface area contributed by atoms with Gasteiger partial charge in [0.05, 0.1) is 16.1 Å². The smallest absolute Gasteiger partial charge is 0.335 e. The fraction of sp³-hybridized carbons (Fsp3) is 0.556. The number of hydrogen-bond acceptors (Lipinski definition) is 4. The Labute approximate surface area is 153 Å². The van der Waals surface area contributed by atoms with Crippen LogP contribution in [0.1, 0.15) is 48.0 Å². The van der Waals surface area contributed by atoms with E-state index in [0.717, 1.165) is 24.8 Å². The predicted molar refractivity (Wildman–Crippen MR) is 96.8 cm³/mol. The third kappa shape index (κ3) is 3.70. The highest BCUT2D eigenvalue weighted by Gasteiger charge is 2.49. The summed E-state index contributed by atoms with van der Waals surface area (Å²) in [5, 5.41) is 11.7. The van der Waals surface area contributed by atoms with Crippen LogP contribution in [-0.2, 0) is 16.4 Å². The van der Waals surface area contributed by atoms with Crippen LogP contribution in [0.25, 0.3) is 0 Å². The molecule has 142 valence electrons. The van der Waals surface area contributed by atoms with E-state index in [1.54, 1.807) is 17.0 Å². The quantitative estimate of drug-likeness (QED) is 0.835. The number of sulfone groups is 1. The minimum Gasteiger partial charge on any atom is -0.478 e. The van der Waals surface area contributed by atoms with Gasteiger partial charge in [-0.15, -0.1) is 0 Å². The first-order valence-corrected chi connectivity index (χ1v) is 10.6. The Hall–Kier alpha value is -2.09. The van der Waals surface area contributed by atoms with Crippen molar-refractivity contribution < 1.29 is 23.1 Å². The first-order chi connectivity index (χ1) is 12.3. The van der Waals surface area contributed by atoms with Gasteiger partial charge in [-0.3, -0.25) is 0 Å². The SMILES string of the molecule is O=C(O)c1ccc(CNC(=O)N2CCS(=O)(=O)C3(CCCCC3)C2)cc1. The van der Waals surface area contributed by atoms with Gasteiger partial charge in [0.15, 0.2) is 9.84 Å². The molecule has 26 heavy (non-hydrogen) atoms. The molecule has 0 radical (unpaired) electrons. The van der Waals surface area contributed by atoms with E-state index in [4.69, 9.17) is 5.11 Å². The van der Waals surface area contributed by atoms with Crippen LogP contribution in [0, 0.1) is 0 Å². The number of benzene rings is 1. The standard InChI is InChI=1S/C18H24N2O5S/c21-16(22)15-6-4-14(5-7-15)12-19-17(23)20-10-11-26(24,25)18(13-20)8-2-1-3-9-18/h4-7H,1-3,8-13H2,(H,19,23)(H,21,22). The molecule has 2 aliphatic rings. The average Bonchev–Trinajstić information content (AvgIpc) is 2.63. The number of amides is 2. The Morgan fingerprint density at radius 2 is 1.77 bits per heavy atom. The summed E-state index contributed by atoms with van der Waals surface area (Å²) in [5.41, 5.74) is 0.987. The molecule has 3 rings (SSSR count). The summed E-state index contributed by atoms with van der Waals surface area (Å²) in [6, 6.07) is 6.04. The second-order valence-corrected chi connectivity index (χ2v) is 9.65. The lowest BCUT2D eigenvalue weighted by Gasteiger charge is -2.44. The number of hydrogen-bond donors (Lipinski definition) is 2. The van der Waals surface area contributed by atoms with Gasteiger partial charge in [-0.2, -0.15) is 0 Å². The van der Waals surface area contributed by atoms with Crippen LogP contribution in [0.5, 0.6) is 0 Å².